The molecule has 0 saturated carbocycles. The molecule has 0 unspecified atom stereocenters. The molecule has 0 fully saturated rings. The Morgan fingerprint density at radius 1 is 1.40 bits per heavy atom. The molecule has 3 heteroatoms. The summed E-state index contributed by atoms with van der Waals surface area (Å²) in [7, 11) is 0. The summed E-state index contributed by atoms with van der Waals surface area (Å²) in [6, 6.07) is 5.80. The SMILES string of the molecule is Cc1ccc2c(c1)NC(=O)C(C)(C)CO2. The van der Waals surface area contributed by atoms with Gasteiger partial charge in [-0.1, -0.05) is 6.07 Å². The normalized spacial score (nSPS) is 18.5. The Kier molecular flexibility index (Phi) is 2.18. The molecule has 1 N–H and O–H groups in total. The third-order valence-corrected chi connectivity index (χ3v) is 2.59. The predicted molar refractivity (Wildman–Crippen MR) is 59.1 cm³/mol. The zero-order valence-electron chi connectivity index (χ0n) is 9.26. The molecular formula is C12H15NO2. The topological polar surface area (TPSA) is 38.3 Å². The van der Waals surface area contributed by atoms with Crippen molar-refractivity contribution < 1.29 is 9.53 Å². The second-order valence-electron chi connectivity index (χ2n) is 4.63. The lowest BCUT2D eigenvalue weighted by Crippen LogP contribution is -2.33. The molecule has 0 aromatic heterocycles. The smallest absolute Gasteiger partial charge is 0.233 e. The van der Waals surface area contributed by atoms with E-state index in [1.807, 2.05) is 39.0 Å². The average molecular weight is 205 g/mol. The maximum absolute atomic E-state index is 11.8. The van der Waals surface area contributed by atoms with E-state index in [4.69, 9.17) is 4.74 Å². The molecule has 2 rings (SSSR count). The summed E-state index contributed by atoms with van der Waals surface area (Å²) >= 11 is 0. The van der Waals surface area contributed by atoms with Gasteiger partial charge in [0.25, 0.3) is 0 Å². The van der Waals surface area contributed by atoms with Crippen molar-refractivity contribution >= 4 is 11.6 Å². The van der Waals surface area contributed by atoms with Crippen LogP contribution in [0.1, 0.15) is 19.4 Å². The monoisotopic (exact) mass is 205 g/mol. The van der Waals surface area contributed by atoms with Crippen molar-refractivity contribution in [1.29, 1.82) is 0 Å². The zero-order valence-corrected chi connectivity index (χ0v) is 9.26. The van der Waals surface area contributed by atoms with E-state index in [2.05, 4.69) is 5.32 Å². The molecule has 1 aromatic rings. The van der Waals surface area contributed by atoms with Crippen LogP contribution in [0.25, 0.3) is 0 Å². The van der Waals surface area contributed by atoms with Gasteiger partial charge in [-0.15, -0.1) is 0 Å². The highest BCUT2D eigenvalue weighted by Crippen LogP contribution is 2.32. The minimum Gasteiger partial charge on any atom is -0.490 e. The van der Waals surface area contributed by atoms with Crippen LogP contribution in [-0.2, 0) is 4.79 Å². The van der Waals surface area contributed by atoms with Gasteiger partial charge in [-0.2, -0.15) is 0 Å². The molecule has 80 valence electrons. The number of anilines is 1. The number of benzene rings is 1. The van der Waals surface area contributed by atoms with Gasteiger partial charge in [0.1, 0.15) is 12.4 Å². The first kappa shape index (κ1) is 10.0. The minimum absolute atomic E-state index is 0.00634. The highest BCUT2D eigenvalue weighted by molar-refractivity contribution is 5.97. The van der Waals surface area contributed by atoms with Gasteiger partial charge in [0.05, 0.1) is 11.1 Å². The van der Waals surface area contributed by atoms with Crippen LogP contribution in [0.5, 0.6) is 5.75 Å². The van der Waals surface area contributed by atoms with Crippen molar-refractivity contribution in [1.82, 2.24) is 0 Å². The maximum atomic E-state index is 11.8. The number of amides is 1. The van der Waals surface area contributed by atoms with Crippen molar-refractivity contribution in [3.63, 3.8) is 0 Å². The van der Waals surface area contributed by atoms with Crippen molar-refractivity contribution in [2.75, 3.05) is 11.9 Å². The number of carbonyl (C=O) groups excluding carboxylic acids is 1. The van der Waals surface area contributed by atoms with E-state index in [-0.39, 0.29) is 5.91 Å². The van der Waals surface area contributed by atoms with Crippen molar-refractivity contribution in [3.05, 3.63) is 23.8 Å². The highest BCUT2D eigenvalue weighted by Gasteiger charge is 2.32. The van der Waals surface area contributed by atoms with Crippen LogP contribution in [0.2, 0.25) is 0 Å². The first-order chi connectivity index (χ1) is 6.99. The predicted octanol–water partition coefficient (Wildman–Crippen LogP) is 2.35. The van der Waals surface area contributed by atoms with Crippen LogP contribution >= 0.6 is 0 Å². The van der Waals surface area contributed by atoms with Gasteiger partial charge in [-0.25, -0.2) is 0 Å². The molecule has 1 aromatic carbocycles. The van der Waals surface area contributed by atoms with Crippen LogP contribution in [0.3, 0.4) is 0 Å². The number of nitrogens with one attached hydrogen (secondary N) is 1. The van der Waals surface area contributed by atoms with Crippen LogP contribution < -0.4 is 10.1 Å². The molecule has 1 amide bonds. The Morgan fingerprint density at radius 3 is 2.87 bits per heavy atom. The largest absolute Gasteiger partial charge is 0.490 e. The van der Waals surface area contributed by atoms with E-state index in [1.165, 1.54) is 0 Å². The molecule has 3 nitrogen and oxygen atoms in total. The van der Waals surface area contributed by atoms with Gasteiger partial charge in [-0.3, -0.25) is 4.79 Å². The Bertz CT molecular complexity index is 410. The Morgan fingerprint density at radius 2 is 2.13 bits per heavy atom. The summed E-state index contributed by atoms with van der Waals surface area (Å²) < 4.78 is 5.61. The summed E-state index contributed by atoms with van der Waals surface area (Å²) in [5.41, 5.74) is 1.40. The van der Waals surface area contributed by atoms with Crippen molar-refractivity contribution in [2.45, 2.75) is 20.8 Å². The molecule has 0 saturated heterocycles. The first-order valence-corrected chi connectivity index (χ1v) is 5.04. The summed E-state index contributed by atoms with van der Waals surface area (Å²) in [4.78, 5) is 11.8. The van der Waals surface area contributed by atoms with Gasteiger partial charge < -0.3 is 10.1 Å². The lowest BCUT2D eigenvalue weighted by molar-refractivity contribution is -0.124. The van der Waals surface area contributed by atoms with E-state index in [0.717, 1.165) is 17.0 Å². The van der Waals surface area contributed by atoms with E-state index in [9.17, 15) is 4.79 Å². The van der Waals surface area contributed by atoms with E-state index >= 15 is 0 Å². The standard InChI is InChI=1S/C12H15NO2/c1-8-4-5-10-9(6-8)13-11(14)12(2,3)7-15-10/h4-6H,7H2,1-3H3,(H,13,14). The van der Waals surface area contributed by atoms with E-state index < -0.39 is 5.41 Å². The molecule has 1 aliphatic rings. The number of hydrogen-bond donors (Lipinski definition) is 1. The molecule has 0 aliphatic carbocycles. The maximum Gasteiger partial charge on any atom is 0.233 e. The number of fused-ring (bicyclic) bond motifs is 1. The molecule has 0 atom stereocenters. The molecule has 0 spiro atoms. The van der Waals surface area contributed by atoms with Crippen LogP contribution in [-0.4, -0.2) is 12.5 Å². The van der Waals surface area contributed by atoms with Crippen molar-refractivity contribution in [2.24, 2.45) is 5.41 Å². The molecule has 1 aliphatic heterocycles. The van der Waals surface area contributed by atoms with Gasteiger partial charge in [-0.05, 0) is 38.5 Å². The molecule has 0 bridgehead atoms. The summed E-state index contributed by atoms with van der Waals surface area (Å²) in [6.45, 7) is 6.15. The summed E-state index contributed by atoms with van der Waals surface area (Å²) in [5, 5.41) is 2.89. The fraction of sp³-hybridized carbons (Fsp3) is 0.417. The number of hydrogen-bond acceptors (Lipinski definition) is 2. The quantitative estimate of drug-likeness (QED) is 0.706. The van der Waals surface area contributed by atoms with Gasteiger partial charge in [0.15, 0.2) is 0 Å². The minimum atomic E-state index is -0.479. The molecule has 1 heterocycles. The highest BCUT2D eigenvalue weighted by atomic mass is 16.5. The van der Waals surface area contributed by atoms with Gasteiger partial charge in [0, 0.05) is 0 Å². The summed E-state index contributed by atoms with van der Waals surface area (Å²) in [6.07, 6.45) is 0. The average Bonchev–Trinajstić information content (AvgIpc) is 2.25. The molecule has 15 heavy (non-hydrogen) atoms. The second-order valence-corrected chi connectivity index (χ2v) is 4.63. The van der Waals surface area contributed by atoms with Crippen LogP contribution in [0.4, 0.5) is 5.69 Å². The number of rotatable bonds is 0. The Balaban J connectivity index is 2.40. The van der Waals surface area contributed by atoms with Gasteiger partial charge in [0.2, 0.25) is 5.91 Å². The molecular weight excluding hydrogens is 190 g/mol. The Labute approximate surface area is 89.4 Å². The lowest BCUT2D eigenvalue weighted by atomic mass is 9.94. The summed E-state index contributed by atoms with van der Waals surface area (Å²) in [5.74, 6) is 0.756. The number of ether oxygens (including phenoxy) is 1. The van der Waals surface area contributed by atoms with E-state index in [1.54, 1.807) is 0 Å². The van der Waals surface area contributed by atoms with Crippen molar-refractivity contribution in [3.8, 4) is 5.75 Å². The second kappa shape index (κ2) is 3.26. The first-order valence-electron chi connectivity index (χ1n) is 5.04. The van der Waals surface area contributed by atoms with E-state index in [0.29, 0.717) is 6.61 Å². The van der Waals surface area contributed by atoms with Gasteiger partial charge >= 0.3 is 0 Å². The fourth-order valence-electron chi connectivity index (χ4n) is 1.48. The lowest BCUT2D eigenvalue weighted by Gasteiger charge is -2.18. The van der Waals surface area contributed by atoms with Crippen LogP contribution in [0.15, 0.2) is 18.2 Å². The number of carbonyl (C=O) groups is 1. The van der Waals surface area contributed by atoms with Crippen LogP contribution in [0, 0.1) is 12.3 Å². The third kappa shape index (κ3) is 1.82. The third-order valence-electron chi connectivity index (χ3n) is 2.59. The fourth-order valence-corrected chi connectivity index (χ4v) is 1.48. The zero-order chi connectivity index (χ0) is 11.1. The Hall–Kier alpha value is -1.51. The number of aryl methyl sites for hydroxylation is 1. The molecule has 0 radical (unpaired) electrons.